The van der Waals surface area contributed by atoms with Gasteiger partial charge in [0.05, 0.1) is 11.4 Å². The van der Waals surface area contributed by atoms with Gasteiger partial charge in [0.15, 0.2) is 5.16 Å². The van der Waals surface area contributed by atoms with Crippen LogP contribution in [-0.4, -0.2) is 48.9 Å². The third-order valence-corrected chi connectivity index (χ3v) is 6.42. The lowest BCUT2D eigenvalue weighted by Crippen LogP contribution is -2.49. The van der Waals surface area contributed by atoms with Gasteiger partial charge in [-0.2, -0.15) is 5.01 Å². The van der Waals surface area contributed by atoms with Crippen LogP contribution in [0.3, 0.4) is 0 Å². The standard InChI is InChI=1S/C23H24N6O3S/c1-16-8-6-7-11-18(16)28-15-24-26-22(28)33-14-19(30)27-29-20(31)23(2,25-21(29)32)13-12-17-9-4-3-5-10-17/h3-11,15H,12-14H2,1-2H3,(H,25,32)(H,27,30). The summed E-state index contributed by atoms with van der Waals surface area (Å²) in [4.78, 5) is 37.8. The molecule has 0 saturated carbocycles. The van der Waals surface area contributed by atoms with E-state index in [1.54, 1.807) is 17.8 Å². The predicted molar refractivity (Wildman–Crippen MR) is 124 cm³/mol. The van der Waals surface area contributed by atoms with Crippen molar-refractivity contribution in [3.05, 3.63) is 72.1 Å². The normalized spacial score (nSPS) is 17.8. The second kappa shape index (κ2) is 9.45. The number of aryl methyl sites for hydroxylation is 2. The van der Waals surface area contributed by atoms with Crippen molar-refractivity contribution in [2.45, 2.75) is 37.4 Å². The Morgan fingerprint density at radius 2 is 1.85 bits per heavy atom. The molecule has 0 radical (unpaired) electrons. The smallest absolute Gasteiger partial charge is 0.322 e. The Morgan fingerprint density at radius 3 is 2.61 bits per heavy atom. The van der Waals surface area contributed by atoms with Crippen LogP contribution in [0.4, 0.5) is 4.79 Å². The molecule has 1 aromatic heterocycles. The van der Waals surface area contributed by atoms with Crippen LogP contribution in [0.5, 0.6) is 0 Å². The van der Waals surface area contributed by atoms with Crippen LogP contribution in [0.1, 0.15) is 24.5 Å². The van der Waals surface area contributed by atoms with Crippen molar-refractivity contribution in [2.75, 3.05) is 5.75 Å². The van der Waals surface area contributed by atoms with Gasteiger partial charge in [0.2, 0.25) is 5.91 Å². The Hall–Kier alpha value is -3.66. The maximum Gasteiger partial charge on any atom is 0.344 e. The third-order valence-electron chi connectivity index (χ3n) is 5.48. The fraction of sp³-hybridized carbons (Fsp3) is 0.261. The predicted octanol–water partition coefficient (Wildman–Crippen LogP) is 2.64. The molecule has 4 rings (SSSR count). The lowest BCUT2D eigenvalue weighted by molar-refractivity contribution is -0.138. The van der Waals surface area contributed by atoms with E-state index in [4.69, 9.17) is 0 Å². The highest BCUT2D eigenvalue weighted by Gasteiger charge is 2.48. The van der Waals surface area contributed by atoms with E-state index >= 15 is 0 Å². The molecule has 33 heavy (non-hydrogen) atoms. The number of rotatable bonds is 8. The Balaban J connectivity index is 1.35. The fourth-order valence-corrected chi connectivity index (χ4v) is 4.32. The zero-order chi connectivity index (χ0) is 23.4. The first-order chi connectivity index (χ1) is 15.9. The van der Waals surface area contributed by atoms with Gasteiger partial charge in [-0.1, -0.05) is 60.3 Å². The van der Waals surface area contributed by atoms with E-state index in [9.17, 15) is 14.4 Å². The van der Waals surface area contributed by atoms with Crippen LogP contribution >= 0.6 is 11.8 Å². The molecule has 4 amide bonds. The first-order valence-corrected chi connectivity index (χ1v) is 11.4. The molecule has 1 saturated heterocycles. The minimum absolute atomic E-state index is 0.0393. The maximum atomic E-state index is 12.9. The molecule has 1 atom stereocenters. The molecule has 1 aliphatic rings. The summed E-state index contributed by atoms with van der Waals surface area (Å²) in [5.41, 5.74) is 4.35. The summed E-state index contributed by atoms with van der Waals surface area (Å²) in [6.45, 7) is 3.64. The van der Waals surface area contributed by atoms with Crippen LogP contribution in [0.2, 0.25) is 0 Å². The molecule has 10 heteroatoms. The Bertz CT molecular complexity index is 1180. The molecule has 1 aliphatic heterocycles. The number of nitrogens with zero attached hydrogens (tertiary/aromatic N) is 4. The van der Waals surface area contributed by atoms with E-state index in [0.717, 1.165) is 21.8 Å². The van der Waals surface area contributed by atoms with E-state index in [0.29, 0.717) is 18.0 Å². The number of amides is 4. The van der Waals surface area contributed by atoms with Gasteiger partial charge >= 0.3 is 6.03 Å². The second-order valence-electron chi connectivity index (χ2n) is 7.98. The SMILES string of the molecule is Cc1ccccc1-n1cnnc1SCC(=O)NN1C(=O)NC(C)(CCc2ccccc2)C1=O. The van der Waals surface area contributed by atoms with E-state index in [1.807, 2.05) is 61.5 Å². The highest BCUT2D eigenvalue weighted by Crippen LogP contribution is 2.24. The Labute approximate surface area is 195 Å². The summed E-state index contributed by atoms with van der Waals surface area (Å²) in [7, 11) is 0. The molecule has 9 nitrogen and oxygen atoms in total. The first kappa shape index (κ1) is 22.5. The molecule has 0 spiro atoms. The maximum absolute atomic E-state index is 12.9. The molecule has 0 bridgehead atoms. The lowest BCUT2D eigenvalue weighted by atomic mass is 9.93. The van der Waals surface area contributed by atoms with Gasteiger partial charge in [0.1, 0.15) is 11.9 Å². The number of hydrogen-bond donors (Lipinski definition) is 2. The number of benzene rings is 2. The number of aromatic nitrogens is 3. The van der Waals surface area contributed by atoms with Crippen LogP contribution < -0.4 is 10.7 Å². The van der Waals surface area contributed by atoms with Crippen LogP contribution in [0.25, 0.3) is 5.69 Å². The van der Waals surface area contributed by atoms with Gasteiger partial charge in [-0.3, -0.25) is 19.6 Å². The quantitative estimate of drug-likeness (QED) is 0.392. The van der Waals surface area contributed by atoms with Gasteiger partial charge in [0, 0.05) is 0 Å². The molecular weight excluding hydrogens is 440 g/mol. The summed E-state index contributed by atoms with van der Waals surface area (Å²) >= 11 is 1.17. The van der Waals surface area contributed by atoms with Crippen molar-refractivity contribution in [1.29, 1.82) is 0 Å². The van der Waals surface area contributed by atoms with Crippen LogP contribution in [0.15, 0.2) is 66.1 Å². The Morgan fingerprint density at radius 1 is 1.12 bits per heavy atom. The number of hydrogen-bond acceptors (Lipinski definition) is 6. The van der Waals surface area contributed by atoms with Gasteiger partial charge < -0.3 is 5.32 Å². The highest BCUT2D eigenvalue weighted by molar-refractivity contribution is 7.99. The molecule has 3 aromatic rings. The number of urea groups is 1. The molecule has 0 aliphatic carbocycles. The van der Waals surface area contributed by atoms with E-state index in [2.05, 4.69) is 20.9 Å². The van der Waals surface area contributed by atoms with Crippen molar-refractivity contribution in [3.63, 3.8) is 0 Å². The molecule has 1 unspecified atom stereocenters. The van der Waals surface area contributed by atoms with Gasteiger partial charge in [-0.25, -0.2) is 4.79 Å². The number of hydrazine groups is 1. The van der Waals surface area contributed by atoms with Gasteiger partial charge in [-0.15, -0.1) is 10.2 Å². The zero-order valence-electron chi connectivity index (χ0n) is 18.3. The largest absolute Gasteiger partial charge is 0.344 e. The van der Waals surface area contributed by atoms with Crippen molar-refractivity contribution >= 4 is 29.6 Å². The van der Waals surface area contributed by atoms with E-state index in [1.165, 1.54) is 11.8 Å². The van der Waals surface area contributed by atoms with Crippen molar-refractivity contribution in [3.8, 4) is 5.69 Å². The monoisotopic (exact) mass is 464 g/mol. The third kappa shape index (κ3) is 4.90. The number of nitrogens with one attached hydrogen (secondary N) is 2. The highest BCUT2D eigenvalue weighted by atomic mass is 32.2. The molecule has 2 heterocycles. The number of carbonyl (C=O) groups is 3. The second-order valence-corrected chi connectivity index (χ2v) is 8.92. The number of carbonyl (C=O) groups excluding carboxylic acids is 3. The summed E-state index contributed by atoms with van der Waals surface area (Å²) < 4.78 is 1.79. The molecular formula is C23H24N6O3S. The average molecular weight is 465 g/mol. The van der Waals surface area contributed by atoms with Crippen LogP contribution in [-0.2, 0) is 16.0 Å². The number of imide groups is 1. The van der Waals surface area contributed by atoms with Gasteiger partial charge in [-0.05, 0) is 43.9 Å². The molecule has 170 valence electrons. The fourth-order valence-electron chi connectivity index (χ4n) is 3.60. The van der Waals surface area contributed by atoms with E-state index in [-0.39, 0.29) is 5.75 Å². The zero-order valence-corrected chi connectivity index (χ0v) is 19.1. The van der Waals surface area contributed by atoms with Crippen molar-refractivity contribution in [1.82, 2.24) is 30.5 Å². The van der Waals surface area contributed by atoms with Crippen molar-refractivity contribution < 1.29 is 14.4 Å². The minimum Gasteiger partial charge on any atom is -0.322 e. The molecule has 2 N–H and O–H groups in total. The summed E-state index contributed by atoms with van der Waals surface area (Å²) in [5, 5.41) is 12.0. The lowest BCUT2D eigenvalue weighted by Gasteiger charge is -2.21. The first-order valence-electron chi connectivity index (χ1n) is 10.5. The minimum atomic E-state index is -1.08. The van der Waals surface area contributed by atoms with E-state index < -0.39 is 23.4 Å². The Kier molecular flexibility index (Phi) is 6.45. The number of para-hydroxylation sites is 1. The summed E-state index contributed by atoms with van der Waals surface area (Å²) in [6.07, 6.45) is 2.62. The van der Waals surface area contributed by atoms with Crippen LogP contribution in [0, 0.1) is 6.92 Å². The summed E-state index contributed by atoms with van der Waals surface area (Å²) in [5.74, 6) is -1.01. The topological polar surface area (TPSA) is 109 Å². The molecule has 1 fully saturated rings. The average Bonchev–Trinajstić information content (AvgIpc) is 3.36. The van der Waals surface area contributed by atoms with Crippen molar-refractivity contribution in [2.24, 2.45) is 0 Å². The number of thioether (sulfide) groups is 1. The molecule has 2 aromatic carbocycles. The van der Waals surface area contributed by atoms with Gasteiger partial charge in [0.25, 0.3) is 5.91 Å². The summed E-state index contributed by atoms with van der Waals surface area (Å²) in [6, 6.07) is 16.8.